The first kappa shape index (κ1) is 15.5. The van der Waals surface area contributed by atoms with Crippen molar-refractivity contribution in [3.8, 4) is 0 Å². The number of sulfonamides is 1. The van der Waals surface area contributed by atoms with Gasteiger partial charge in [0.05, 0.1) is 5.69 Å². The minimum absolute atomic E-state index is 0.143. The number of hydrogen-bond acceptors (Lipinski definition) is 5. The number of anilines is 1. The minimum atomic E-state index is -3.53. The van der Waals surface area contributed by atoms with Crippen LogP contribution < -0.4 is 10.5 Å². The molecule has 19 heavy (non-hydrogen) atoms. The number of thioether (sulfide) groups is 2. The molecule has 1 heterocycles. The fourth-order valence-electron chi connectivity index (χ4n) is 1.70. The van der Waals surface area contributed by atoms with E-state index < -0.39 is 10.0 Å². The van der Waals surface area contributed by atoms with Crippen LogP contribution in [0.25, 0.3) is 0 Å². The van der Waals surface area contributed by atoms with Crippen molar-refractivity contribution < 1.29 is 8.42 Å². The zero-order chi connectivity index (χ0) is 13.9. The van der Waals surface area contributed by atoms with Crippen molar-refractivity contribution in [3.63, 3.8) is 0 Å². The molecule has 0 aromatic heterocycles. The third-order valence-corrected chi connectivity index (χ3v) is 7.48. The van der Waals surface area contributed by atoms with Gasteiger partial charge in [-0.25, -0.2) is 13.1 Å². The smallest absolute Gasteiger partial charge is 0.242 e. The molecule has 1 aliphatic rings. The number of nitrogen functional groups attached to an aromatic ring is 1. The fraction of sp³-hybridized carbons (Fsp3) is 0.455. The zero-order valence-corrected chi connectivity index (χ0v) is 14.2. The summed E-state index contributed by atoms with van der Waals surface area (Å²) in [4.78, 5) is 0.143. The molecule has 0 bridgehead atoms. The van der Waals surface area contributed by atoms with Crippen molar-refractivity contribution >= 4 is 55.2 Å². The van der Waals surface area contributed by atoms with Crippen LogP contribution in [-0.2, 0) is 10.0 Å². The maximum absolute atomic E-state index is 12.2. The van der Waals surface area contributed by atoms with E-state index in [1.54, 1.807) is 12.1 Å². The normalized spacial score (nSPS) is 20.4. The maximum atomic E-state index is 12.2. The van der Waals surface area contributed by atoms with Crippen LogP contribution in [0.4, 0.5) is 5.69 Å². The number of halogens is 1. The molecule has 1 fully saturated rings. The second kappa shape index (κ2) is 6.71. The molecule has 0 radical (unpaired) electrons. The first-order valence-corrected chi connectivity index (χ1v) is 10.2. The lowest BCUT2D eigenvalue weighted by molar-refractivity contribution is 0.582. The highest BCUT2D eigenvalue weighted by Crippen LogP contribution is 2.25. The predicted octanol–water partition coefficient (Wildman–Crippen LogP) is 2.16. The van der Waals surface area contributed by atoms with E-state index in [4.69, 9.17) is 5.73 Å². The molecule has 1 saturated heterocycles. The highest BCUT2D eigenvalue weighted by Gasteiger charge is 2.21. The minimum Gasteiger partial charge on any atom is -0.398 e. The Labute approximate surface area is 130 Å². The van der Waals surface area contributed by atoms with Crippen LogP contribution >= 0.6 is 39.5 Å². The molecule has 0 aliphatic carbocycles. The van der Waals surface area contributed by atoms with Crippen LogP contribution in [0.1, 0.15) is 0 Å². The van der Waals surface area contributed by atoms with Gasteiger partial charge in [-0.3, -0.25) is 0 Å². The molecule has 2 rings (SSSR count). The first-order valence-electron chi connectivity index (χ1n) is 5.73. The Balaban J connectivity index is 2.05. The third-order valence-electron chi connectivity index (χ3n) is 2.65. The molecular weight excluding hydrogens is 368 g/mol. The van der Waals surface area contributed by atoms with E-state index >= 15 is 0 Å². The molecule has 0 saturated carbocycles. The van der Waals surface area contributed by atoms with Crippen molar-refractivity contribution in [3.05, 3.63) is 22.7 Å². The Morgan fingerprint density at radius 3 is 2.84 bits per heavy atom. The standard InChI is InChI=1S/C11H15BrN2O2S3/c12-8-1-2-11(10(13)5-8)19(15,16)14-6-9-7-17-3-4-18-9/h1-2,5,9,14H,3-4,6-7,13H2. The Morgan fingerprint density at radius 2 is 2.21 bits per heavy atom. The van der Waals surface area contributed by atoms with Gasteiger partial charge >= 0.3 is 0 Å². The number of nitrogens with two attached hydrogens (primary N) is 1. The van der Waals surface area contributed by atoms with Crippen LogP contribution in [0.3, 0.4) is 0 Å². The largest absolute Gasteiger partial charge is 0.398 e. The summed E-state index contributed by atoms with van der Waals surface area (Å²) in [6.45, 7) is 0.454. The average molecular weight is 383 g/mol. The summed E-state index contributed by atoms with van der Waals surface area (Å²) in [6, 6.07) is 4.79. The van der Waals surface area contributed by atoms with E-state index in [-0.39, 0.29) is 10.6 Å². The summed E-state index contributed by atoms with van der Waals surface area (Å²) in [6.07, 6.45) is 0. The van der Waals surface area contributed by atoms with Crippen LogP contribution in [0.15, 0.2) is 27.6 Å². The fourth-order valence-corrected chi connectivity index (χ4v) is 5.99. The SMILES string of the molecule is Nc1cc(Br)ccc1S(=O)(=O)NCC1CSCCS1. The van der Waals surface area contributed by atoms with Gasteiger partial charge in [0, 0.05) is 33.5 Å². The second-order valence-electron chi connectivity index (χ2n) is 4.10. The van der Waals surface area contributed by atoms with Gasteiger partial charge in [0.25, 0.3) is 0 Å². The van der Waals surface area contributed by atoms with Gasteiger partial charge in [0.2, 0.25) is 10.0 Å². The van der Waals surface area contributed by atoms with Gasteiger partial charge in [-0.15, -0.1) is 0 Å². The summed E-state index contributed by atoms with van der Waals surface area (Å²) in [5.41, 5.74) is 6.01. The Kier molecular flexibility index (Phi) is 5.47. The zero-order valence-electron chi connectivity index (χ0n) is 10.1. The average Bonchev–Trinajstić information content (AvgIpc) is 2.37. The van der Waals surface area contributed by atoms with Gasteiger partial charge in [0.15, 0.2) is 0 Å². The van der Waals surface area contributed by atoms with Crippen LogP contribution in [0.2, 0.25) is 0 Å². The van der Waals surface area contributed by atoms with Crippen molar-refractivity contribution in [1.82, 2.24) is 4.72 Å². The molecule has 106 valence electrons. The van der Waals surface area contributed by atoms with Crippen molar-refractivity contribution in [2.24, 2.45) is 0 Å². The van der Waals surface area contributed by atoms with Gasteiger partial charge in [-0.1, -0.05) is 15.9 Å². The van der Waals surface area contributed by atoms with Gasteiger partial charge in [-0.2, -0.15) is 23.5 Å². The highest BCUT2D eigenvalue weighted by molar-refractivity contribution is 9.10. The molecule has 0 amide bonds. The molecule has 4 nitrogen and oxygen atoms in total. The predicted molar refractivity (Wildman–Crippen MR) is 87.3 cm³/mol. The summed E-state index contributed by atoms with van der Waals surface area (Å²) in [7, 11) is -3.53. The third kappa shape index (κ3) is 4.29. The maximum Gasteiger partial charge on any atom is 0.242 e. The van der Waals surface area contributed by atoms with Gasteiger partial charge < -0.3 is 5.73 Å². The van der Waals surface area contributed by atoms with Crippen molar-refractivity contribution in [1.29, 1.82) is 0 Å². The van der Waals surface area contributed by atoms with Gasteiger partial charge in [-0.05, 0) is 18.2 Å². The van der Waals surface area contributed by atoms with Crippen LogP contribution in [-0.4, -0.2) is 37.5 Å². The number of rotatable bonds is 4. The summed E-state index contributed by atoms with van der Waals surface area (Å²) < 4.78 is 27.8. The molecule has 1 aromatic rings. The molecule has 8 heteroatoms. The van der Waals surface area contributed by atoms with E-state index in [1.807, 2.05) is 23.5 Å². The number of hydrogen-bond donors (Lipinski definition) is 2. The van der Waals surface area contributed by atoms with E-state index in [9.17, 15) is 8.42 Å². The second-order valence-corrected chi connectivity index (χ2v) is 9.31. The summed E-state index contributed by atoms with van der Waals surface area (Å²) >= 11 is 6.95. The van der Waals surface area contributed by atoms with E-state index in [0.717, 1.165) is 21.7 Å². The highest BCUT2D eigenvalue weighted by atomic mass is 79.9. The Hall–Kier alpha value is 0.110. The van der Waals surface area contributed by atoms with Gasteiger partial charge in [0.1, 0.15) is 4.90 Å². The lowest BCUT2D eigenvalue weighted by Gasteiger charge is -2.21. The molecular formula is C11H15BrN2O2S3. The molecule has 1 aliphatic heterocycles. The molecule has 0 spiro atoms. The molecule has 1 unspecified atom stereocenters. The van der Waals surface area contributed by atoms with E-state index in [2.05, 4.69) is 20.7 Å². The lowest BCUT2D eigenvalue weighted by atomic mass is 10.3. The molecule has 1 aromatic carbocycles. The number of benzene rings is 1. The van der Waals surface area contributed by atoms with E-state index in [0.29, 0.717) is 11.8 Å². The van der Waals surface area contributed by atoms with E-state index in [1.165, 1.54) is 6.07 Å². The molecule has 3 N–H and O–H groups in total. The summed E-state index contributed by atoms with van der Waals surface area (Å²) in [5, 5.41) is 0.338. The molecule has 1 atom stereocenters. The first-order chi connectivity index (χ1) is 8.99. The van der Waals surface area contributed by atoms with Crippen molar-refractivity contribution in [2.75, 3.05) is 29.5 Å². The van der Waals surface area contributed by atoms with Crippen LogP contribution in [0.5, 0.6) is 0 Å². The quantitative estimate of drug-likeness (QED) is 0.780. The monoisotopic (exact) mass is 382 g/mol. The number of nitrogens with one attached hydrogen (secondary N) is 1. The summed E-state index contributed by atoms with van der Waals surface area (Å²) in [5.74, 6) is 3.22. The Bertz CT molecular complexity index is 545. The lowest BCUT2D eigenvalue weighted by Crippen LogP contribution is -2.33. The van der Waals surface area contributed by atoms with Crippen LogP contribution in [0, 0.1) is 0 Å². The van der Waals surface area contributed by atoms with Crippen molar-refractivity contribution in [2.45, 2.75) is 10.1 Å². The topological polar surface area (TPSA) is 72.2 Å². The Morgan fingerprint density at radius 1 is 1.42 bits per heavy atom.